The number of hydrogen-bond acceptors (Lipinski definition) is 3. The molecule has 0 aliphatic carbocycles. The van der Waals surface area contributed by atoms with Crippen LogP contribution in [0.1, 0.15) is 34.0 Å². The minimum Gasteiger partial charge on any atom is -0.333 e. The van der Waals surface area contributed by atoms with Gasteiger partial charge < -0.3 is 10.2 Å². The van der Waals surface area contributed by atoms with Crippen LogP contribution >= 0.6 is 0 Å². The zero-order chi connectivity index (χ0) is 22.1. The highest BCUT2D eigenvalue weighted by Gasteiger charge is 2.43. The van der Waals surface area contributed by atoms with E-state index in [2.05, 4.69) is 42.9 Å². The first-order valence-corrected chi connectivity index (χ1v) is 10.6. The molecule has 0 saturated carbocycles. The van der Waals surface area contributed by atoms with Gasteiger partial charge in [0.2, 0.25) is 0 Å². The Kier molecular flexibility index (Phi) is 5.63. The van der Waals surface area contributed by atoms with Gasteiger partial charge in [-0.25, -0.2) is 4.79 Å². The van der Waals surface area contributed by atoms with Crippen LogP contribution in [0.3, 0.4) is 0 Å². The second kappa shape index (κ2) is 8.38. The summed E-state index contributed by atoms with van der Waals surface area (Å²) in [6, 6.07) is 9.36. The third kappa shape index (κ3) is 3.85. The van der Waals surface area contributed by atoms with E-state index in [-0.39, 0.29) is 11.9 Å². The lowest BCUT2D eigenvalue weighted by molar-refractivity contribution is -0.125. The summed E-state index contributed by atoms with van der Waals surface area (Å²) in [6.07, 6.45) is 4.12. The average Bonchev–Trinajstić information content (AvgIpc) is 3.08. The van der Waals surface area contributed by atoms with E-state index in [1.807, 2.05) is 30.0 Å². The van der Waals surface area contributed by atoms with Crippen molar-refractivity contribution in [1.82, 2.24) is 20.1 Å². The summed E-state index contributed by atoms with van der Waals surface area (Å²) >= 11 is 0. The Morgan fingerprint density at radius 2 is 1.94 bits per heavy atom. The molecule has 1 N–H and O–H groups in total. The van der Waals surface area contributed by atoms with Crippen molar-refractivity contribution in [3.63, 3.8) is 0 Å². The van der Waals surface area contributed by atoms with Crippen LogP contribution in [0.25, 0.3) is 0 Å². The Labute approximate surface area is 183 Å². The number of aryl methyl sites for hydroxylation is 3. The molecule has 4 rings (SSSR count). The van der Waals surface area contributed by atoms with Crippen LogP contribution in [0.2, 0.25) is 0 Å². The molecule has 2 aliphatic rings. The normalized spacial score (nSPS) is 18.4. The van der Waals surface area contributed by atoms with E-state index < -0.39 is 6.04 Å². The number of aromatic nitrogens is 1. The van der Waals surface area contributed by atoms with E-state index in [4.69, 9.17) is 0 Å². The standard InChI is InChI=1S/C25H28N4O2/c1-5-11-29-21-15-28(12-9-19-8-6-7-10-26-19)24(30)22(21)23(27-25(29)31)20-14-17(3)16(2)13-18(20)4/h5-8,10,13-14,23H,1,9,11-12,15H2,2-4H3,(H,27,31)/t23-/m1/s1. The molecule has 2 aliphatic heterocycles. The first-order chi connectivity index (χ1) is 14.9. The van der Waals surface area contributed by atoms with Crippen LogP contribution in [0.15, 0.2) is 60.5 Å². The van der Waals surface area contributed by atoms with E-state index in [0.29, 0.717) is 31.6 Å². The summed E-state index contributed by atoms with van der Waals surface area (Å²) in [6.45, 7) is 11.3. The van der Waals surface area contributed by atoms with Gasteiger partial charge in [-0.1, -0.05) is 24.3 Å². The molecule has 6 heteroatoms. The lowest BCUT2D eigenvalue weighted by atomic mass is 9.90. The molecule has 3 heterocycles. The van der Waals surface area contributed by atoms with Crippen molar-refractivity contribution < 1.29 is 9.59 Å². The Balaban J connectivity index is 1.69. The molecule has 0 unspecified atom stereocenters. The van der Waals surface area contributed by atoms with Gasteiger partial charge in [-0.15, -0.1) is 6.58 Å². The molecule has 1 aromatic heterocycles. The number of amides is 3. The zero-order valence-corrected chi connectivity index (χ0v) is 18.3. The molecular weight excluding hydrogens is 388 g/mol. The molecule has 0 radical (unpaired) electrons. The Morgan fingerprint density at radius 3 is 2.65 bits per heavy atom. The number of carbonyl (C=O) groups excluding carboxylic acids is 2. The average molecular weight is 417 g/mol. The van der Waals surface area contributed by atoms with Crippen LogP contribution in [-0.4, -0.2) is 46.4 Å². The Hall–Kier alpha value is -3.41. The molecule has 1 atom stereocenters. The number of benzene rings is 1. The highest BCUT2D eigenvalue weighted by Crippen LogP contribution is 2.38. The van der Waals surface area contributed by atoms with Crippen molar-refractivity contribution >= 4 is 11.9 Å². The highest BCUT2D eigenvalue weighted by atomic mass is 16.2. The van der Waals surface area contributed by atoms with Crippen LogP contribution in [0, 0.1) is 20.8 Å². The number of hydrogen-bond donors (Lipinski definition) is 1. The third-order valence-electron chi connectivity index (χ3n) is 6.17. The van der Waals surface area contributed by atoms with E-state index in [9.17, 15) is 9.59 Å². The first-order valence-electron chi connectivity index (χ1n) is 10.6. The fourth-order valence-electron chi connectivity index (χ4n) is 4.37. The molecule has 2 aromatic rings. The van der Waals surface area contributed by atoms with Crippen molar-refractivity contribution in [2.75, 3.05) is 19.6 Å². The maximum Gasteiger partial charge on any atom is 0.322 e. The third-order valence-corrected chi connectivity index (χ3v) is 6.17. The summed E-state index contributed by atoms with van der Waals surface area (Å²) in [5.74, 6) is -0.0254. The second-order valence-corrected chi connectivity index (χ2v) is 8.23. The molecule has 1 aromatic carbocycles. The molecule has 0 saturated heterocycles. The van der Waals surface area contributed by atoms with Gasteiger partial charge in [0.1, 0.15) is 0 Å². The second-order valence-electron chi connectivity index (χ2n) is 8.23. The van der Waals surface area contributed by atoms with E-state index in [0.717, 1.165) is 28.1 Å². The lowest BCUT2D eigenvalue weighted by Crippen LogP contribution is -2.47. The number of urea groups is 1. The molecule has 0 spiro atoms. The minimum atomic E-state index is -0.449. The van der Waals surface area contributed by atoms with Gasteiger partial charge in [-0.2, -0.15) is 0 Å². The molecule has 6 nitrogen and oxygen atoms in total. The van der Waals surface area contributed by atoms with Crippen LogP contribution in [0.5, 0.6) is 0 Å². The van der Waals surface area contributed by atoms with Gasteiger partial charge >= 0.3 is 6.03 Å². The number of carbonyl (C=O) groups is 2. The summed E-state index contributed by atoms with van der Waals surface area (Å²) in [4.78, 5) is 34.3. The minimum absolute atomic E-state index is 0.0254. The van der Waals surface area contributed by atoms with Crippen LogP contribution < -0.4 is 5.32 Å². The molecule has 160 valence electrons. The van der Waals surface area contributed by atoms with Crippen molar-refractivity contribution in [3.8, 4) is 0 Å². The fourth-order valence-corrected chi connectivity index (χ4v) is 4.37. The quantitative estimate of drug-likeness (QED) is 0.732. The summed E-state index contributed by atoms with van der Waals surface area (Å²) in [5, 5.41) is 3.07. The number of nitrogens with one attached hydrogen (secondary N) is 1. The van der Waals surface area contributed by atoms with E-state index in [1.165, 1.54) is 5.56 Å². The molecule has 31 heavy (non-hydrogen) atoms. The van der Waals surface area contributed by atoms with E-state index >= 15 is 0 Å². The predicted molar refractivity (Wildman–Crippen MR) is 120 cm³/mol. The molecular formula is C25H28N4O2. The van der Waals surface area contributed by atoms with Crippen molar-refractivity contribution in [2.24, 2.45) is 0 Å². The smallest absolute Gasteiger partial charge is 0.322 e. The number of rotatable bonds is 6. The monoisotopic (exact) mass is 416 g/mol. The lowest BCUT2D eigenvalue weighted by Gasteiger charge is -2.33. The summed E-state index contributed by atoms with van der Waals surface area (Å²) in [7, 11) is 0. The summed E-state index contributed by atoms with van der Waals surface area (Å²) < 4.78 is 0. The van der Waals surface area contributed by atoms with Crippen molar-refractivity contribution in [2.45, 2.75) is 33.2 Å². The van der Waals surface area contributed by atoms with Gasteiger partial charge in [0, 0.05) is 31.4 Å². The molecule has 0 bridgehead atoms. The van der Waals surface area contributed by atoms with Gasteiger partial charge in [-0.05, 0) is 55.2 Å². The topological polar surface area (TPSA) is 65.5 Å². The first kappa shape index (κ1) is 20.8. The van der Waals surface area contributed by atoms with E-state index in [1.54, 1.807) is 17.2 Å². The maximum absolute atomic E-state index is 13.5. The van der Waals surface area contributed by atoms with Crippen LogP contribution in [0.4, 0.5) is 4.79 Å². The Morgan fingerprint density at radius 1 is 1.16 bits per heavy atom. The predicted octanol–water partition coefficient (Wildman–Crippen LogP) is 3.60. The van der Waals surface area contributed by atoms with Gasteiger partial charge in [-0.3, -0.25) is 14.7 Å². The maximum atomic E-state index is 13.5. The van der Waals surface area contributed by atoms with Crippen molar-refractivity contribution in [1.29, 1.82) is 0 Å². The van der Waals surface area contributed by atoms with Gasteiger partial charge in [0.05, 0.1) is 23.9 Å². The van der Waals surface area contributed by atoms with Gasteiger partial charge in [0.15, 0.2) is 0 Å². The summed E-state index contributed by atoms with van der Waals surface area (Å²) in [5.41, 5.74) is 6.76. The zero-order valence-electron chi connectivity index (χ0n) is 18.3. The fraction of sp³-hybridized carbons (Fsp3) is 0.320. The molecule has 3 amide bonds. The number of pyridine rings is 1. The Bertz CT molecular complexity index is 1070. The van der Waals surface area contributed by atoms with Crippen LogP contribution in [-0.2, 0) is 11.2 Å². The van der Waals surface area contributed by atoms with Gasteiger partial charge in [0.25, 0.3) is 5.91 Å². The SMILES string of the molecule is C=CCN1C(=O)N[C@H](c2cc(C)c(C)cc2C)C2=C1CN(CCc1ccccn1)C2=O. The van der Waals surface area contributed by atoms with Crippen molar-refractivity contribution in [3.05, 3.63) is 88.4 Å². The molecule has 0 fully saturated rings. The largest absolute Gasteiger partial charge is 0.333 e. The number of nitrogens with zero attached hydrogens (tertiary/aromatic N) is 3. The highest BCUT2D eigenvalue weighted by molar-refractivity contribution is 6.01.